The Morgan fingerprint density at radius 1 is 1.75 bits per heavy atom. The lowest BCUT2D eigenvalue weighted by Crippen LogP contribution is -2.50. The Hall–Kier alpha value is -0.570. The van der Waals surface area contributed by atoms with Gasteiger partial charge in [-0.1, -0.05) is 0 Å². The van der Waals surface area contributed by atoms with Crippen molar-refractivity contribution in [2.75, 3.05) is 6.54 Å². The Morgan fingerprint density at radius 3 is 2.75 bits per heavy atom. The van der Waals surface area contributed by atoms with Crippen molar-refractivity contribution in [3.63, 3.8) is 0 Å². The zero-order chi connectivity index (χ0) is 9.14. The highest BCUT2D eigenvalue weighted by Gasteiger charge is 2.27. The molecule has 12 heavy (non-hydrogen) atoms. The van der Waals surface area contributed by atoms with Crippen LogP contribution in [0.2, 0.25) is 0 Å². The minimum Gasteiger partial charge on any atom is -0.481 e. The van der Waals surface area contributed by atoms with E-state index in [1.165, 1.54) is 6.42 Å². The highest BCUT2D eigenvalue weighted by Crippen LogP contribution is 2.21. The quantitative estimate of drug-likeness (QED) is 0.693. The van der Waals surface area contributed by atoms with Gasteiger partial charge in [0, 0.05) is 25.0 Å². The predicted octanol–water partition coefficient (Wildman–Crippen LogP) is 1.33. The van der Waals surface area contributed by atoms with Crippen molar-refractivity contribution >= 4 is 5.97 Å². The first kappa shape index (κ1) is 9.52. The average Bonchev–Trinajstić information content (AvgIpc) is 1.98. The van der Waals surface area contributed by atoms with E-state index < -0.39 is 5.97 Å². The van der Waals surface area contributed by atoms with Crippen LogP contribution in [-0.2, 0) is 4.79 Å². The normalized spacial score (nSPS) is 26.3. The van der Waals surface area contributed by atoms with Gasteiger partial charge in [-0.05, 0) is 26.7 Å². The van der Waals surface area contributed by atoms with E-state index in [9.17, 15) is 4.79 Å². The van der Waals surface area contributed by atoms with Crippen molar-refractivity contribution in [2.45, 2.75) is 45.2 Å². The zero-order valence-electron chi connectivity index (χ0n) is 7.79. The molecule has 3 nitrogen and oxygen atoms in total. The van der Waals surface area contributed by atoms with E-state index in [-0.39, 0.29) is 0 Å². The van der Waals surface area contributed by atoms with Crippen molar-refractivity contribution in [1.82, 2.24) is 4.90 Å². The molecular weight excluding hydrogens is 154 g/mol. The summed E-state index contributed by atoms with van der Waals surface area (Å²) >= 11 is 0. The molecule has 0 radical (unpaired) electrons. The van der Waals surface area contributed by atoms with Crippen molar-refractivity contribution in [1.29, 1.82) is 0 Å². The van der Waals surface area contributed by atoms with E-state index in [4.69, 9.17) is 5.11 Å². The van der Waals surface area contributed by atoms with Crippen LogP contribution >= 0.6 is 0 Å². The third-order valence-electron chi connectivity index (χ3n) is 2.71. The minimum atomic E-state index is -0.685. The number of nitrogens with zero attached hydrogens (tertiary/aromatic N) is 1. The first-order valence-electron chi connectivity index (χ1n) is 4.59. The number of carboxylic acid groups (broad SMARTS) is 1. The van der Waals surface area contributed by atoms with E-state index in [1.807, 2.05) is 0 Å². The van der Waals surface area contributed by atoms with Crippen molar-refractivity contribution in [3.05, 3.63) is 0 Å². The first-order chi connectivity index (χ1) is 5.61. The number of aliphatic carboxylic acids is 1. The Bertz CT molecular complexity index is 170. The number of carboxylic acids is 1. The van der Waals surface area contributed by atoms with E-state index in [0.29, 0.717) is 18.5 Å². The Balaban J connectivity index is 2.19. The van der Waals surface area contributed by atoms with E-state index in [2.05, 4.69) is 18.7 Å². The van der Waals surface area contributed by atoms with Crippen molar-refractivity contribution < 1.29 is 9.90 Å². The van der Waals surface area contributed by atoms with Crippen LogP contribution in [0.3, 0.4) is 0 Å². The summed E-state index contributed by atoms with van der Waals surface area (Å²) in [5, 5.41) is 8.48. The van der Waals surface area contributed by atoms with E-state index >= 15 is 0 Å². The minimum absolute atomic E-state index is 0.296. The number of likely N-dealkylation sites (tertiary alicyclic amines) is 1. The molecule has 0 spiro atoms. The summed E-state index contributed by atoms with van der Waals surface area (Å²) in [6, 6.07) is 1.10. The van der Waals surface area contributed by atoms with Crippen LogP contribution in [-0.4, -0.2) is 34.6 Å². The number of carbonyl (C=O) groups is 1. The SMILES string of the molecule is CC(CCC(=O)O)N1CCC1C. The van der Waals surface area contributed by atoms with Crippen LogP contribution < -0.4 is 0 Å². The largest absolute Gasteiger partial charge is 0.481 e. The summed E-state index contributed by atoms with van der Waals surface area (Å²) < 4.78 is 0. The molecule has 70 valence electrons. The summed E-state index contributed by atoms with van der Waals surface area (Å²) in [5.74, 6) is -0.685. The van der Waals surface area contributed by atoms with Gasteiger partial charge in [0.05, 0.1) is 0 Å². The molecule has 0 aromatic rings. The molecule has 0 saturated carbocycles. The van der Waals surface area contributed by atoms with Crippen LogP contribution in [0.1, 0.15) is 33.1 Å². The molecule has 0 amide bonds. The smallest absolute Gasteiger partial charge is 0.303 e. The van der Waals surface area contributed by atoms with Gasteiger partial charge in [-0.15, -0.1) is 0 Å². The fourth-order valence-electron chi connectivity index (χ4n) is 1.69. The van der Waals surface area contributed by atoms with Gasteiger partial charge < -0.3 is 5.11 Å². The molecule has 0 aromatic carbocycles. The molecule has 0 aromatic heterocycles. The van der Waals surface area contributed by atoms with Crippen LogP contribution in [0.5, 0.6) is 0 Å². The average molecular weight is 171 g/mol. The van der Waals surface area contributed by atoms with Gasteiger partial charge in [0.15, 0.2) is 0 Å². The van der Waals surface area contributed by atoms with E-state index in [0.717, 1.165) is 13.0 Å². The maximum atomic E-state index is 10.3. The maximum Gasteiger partial charge on any atom is 0.303 e. The molecule has 1 heterocycles. The van der Waals surface area contributed by atoms with Crippen LogP contribution in [0, 0.1) is 0 Å². The lowest BCUT2D eigenvalue weighted by atomic mass is 10.00. The molecular formula is C9H17NO2. The predicted molar refractivity (Wildman–Crippen MR) is 47.1 cm³/mol. The molecule has 2 unspecified atom stereocenters. The number of hydrogen-bond acceptors (Lipinski definition) is 2. The van der Waals surface area contributed by atoms with Crippen molar-refractivity contribution in [3.8, 4) is 0 Å². The molecule has 0 bridgehead atoms. The topological polar surface area (TPSA) is 40.5 Å². The van der Waals surface area contributed by atoms with Gasteiger partial charge >= 0.3 is 5.97 Å². The van der Waals surface area contributed by atoms with Gasteiger partial charge in [-0.25, -0.2) is 0 Å². The maximum absolute atomic E-state index is 10.3. The number of hydrogen-bond donors (Lipinski definition) is 1. The lowest BCUT2D eigenvalue weighted by Gasteiger charge is -2.43. The summed E-state index contributed by atoms with van der Waals surface area (Å²) in [7, 11) is 0. The van der Waals surface area contributed by atoms with Gasteiger partial charge in [-0.3, -0.25) is 9.69 Å². The second-order valence-corrected chi connectivity index (χ2v) is 3.66. The summed E-state index contributed by atoms with van der Waals surface area (Å²) in [4.78, 5) is 12.7. The molecule has 1 rings (SSSR count). The molecule has 1 fully saturated rings. The highest BCUT2D eigenvalue weighted by atomic mass is 16.4. The molecule has 1 saturated heterocycles. The zero-order valence-corrected chi connectivity index (χ0v) is 7.79. The second kappa shape index (κ2) is 3.90. The van der Waals surface area contributed by atoms with Crippen LogP contribution in [0.4, 0.5) is 0 Å². The molecule has 1 N–H and O–H groups in total. The summed E-state index contributed by atoms with van der Waals surface area (Å²) in [6.07, 6.45) is 2.33. The van der Waals surface area contributed by atoms with E-state index in [1.54, 1.807) is 0 Å². The summed E-state index contributed by atoms with van der Waals surface area (Å²) in [6.45, 7) is 5.45. The Kier molecular flexibility index (Phi) is 3.09. The third-order valence-corrected chi connectivity index (χ3v) is 2.71. The molecule has 3 heteroatoms. The molecule has 1 aliphatic rings. The number of rotatable bonds is 4. The van der Waals surface area contributed by atoms with Crippen molar-refractivity contribution in [2.24, 2.45) is 0 Å². The fraction of sp³-hybridized carbons (Fsp3) is 0.889. The van der Waals surface area contributed by atoms with Gasteiger partial charge in [0.2, 0.25) is 0 Å². The monoisotopic (exact) mass is 171 g/mol. The molecule has 2 atom stereocenters. The van der Waals surface area contributed by atoms with Gasteiger partial charge in [0.25, 0.3) is 0 Å². The molecule has 0 aliphatic carbocycles. The Morgan fingerprint density at radius 2 is 2.42 bits per heavy atom. The van der Waals surface area contributed by atoms with Crippen LogP contribution in [0.25, 0.3) is 0 Å². The second-order valence-electron chi connectivity index (χ2n) is 3.66. The van der Waals surface area contributed by atoms with Crippen LogP contribution in [0.15, 0.2) is 0 Å². The lowest BCUT2D eigenvalue weighted by molar-refractivity contribution is -0.137. The highest BCUT2D eigenvalue weighted by molar-refractivity contribution is 5.66. The fourth-order valence-corrected chi connectivity index (χ4v) is 1.69. The standard InChI is InChI=1S/C9H17NO2/c1-7(3-4-9(11)12)10-6-5-8(10)2/h7-8H,3-6H2,1-2H3,(H,11,12). The first-order valence-corrected chi connectivity index (χ1v) is 4.59. The van der Waals surface area contributed by atoms with Gasteiger partial charge in [-0.2, -0.15) is 0 Å². The van der Waals surface area contributed by atoms with Gasteiger partial charge in [0.1, 0.15) is 0 Å². The summed E-state index contributed by atoms with van der Waals surface area (Å²) in [5.41, 5.74) is 0. The Labute approximate surface area is 73.4 Å². The third kappa shape index (κ3) is 2.21. The molecule has 1 aliphatic heterocycles.